The van der Waals surface area contributed by atoms with E-state index in [2.05, 4.69) is 12.2 Å². The summed E-state index contributed by atoms with van der Waals surface area (Å²) in [5.41, 5.74) is 0.487. The molecule has 0 heterocycles. The second kappa shape index (κ2) is 5.95. The lowest BCUT2D eigenvalue weighted by molar-refractivity contribution is 0.403. The van der Waals surface area contributed by atoms with Crippen LogP contribution in [-0.2, 0) is 0 Å². The summed E-state index contributed by atoms with van der Waals surface area (Å²) >= 11 is 0. The number of anilines is 1. The summed E-state index contributed by atoms with van der Waals surface area (Å²) in [7, 11) is 0. The summed E-state index contributed by atoms with van der Waals surface area (Å²) in [6.07, 6.45) is 2.95. The van der Waals surface area contributed by atoms with Gasteiger partial charge in [-0.15, -0.1) is 4.91 Å². The Kier molecular flexibility index (Phi) is 4.57. The van der Waals surface area contributed by atoms with Crippen LogP contribution >= 0.6 is 0 Å². The first-order valence-electron chi connectivity index (χ1n) is 5.31. The van der Waals surface area contributed by atoms with Gasteiger partial charge in [-0.2, -0.15) is 0 Å². The molecule has 0 aromatic heterocycles. The molecular formula is C11H16N2O3. The molecule has 0 aliphatic carbocycles. The molecule has 5 heteroatoms. The summed E-state index contributed by atoms with van der Waals surface area (Å²) in [4.78, 5) is 10.6. The first-order chi connectivity index (χ1) is 7.69. The van der Waals surface area contributed by atoms with Crippen molar-refractivity contribution >= 4 is 5.69 Å². The van der Waals surface area contributed by atoms with Crippen molar-refractivity contribution < 1.29 is 10.2 Å². The monoisotopic (exact) mass is 224 g/mol. The molecule has 0 saturated heterocycles. The molecular weight excluding hydrogens is 208 g/mol. The minimum absolute atomic E-state index is 0.205. The molecule has 0 spiro atoms. The van der Waals surface area contributed by atoms with Crippen LogP contribution in [0.3, 0.4) is 0 Å². The summed E-state index contributed by atoms with van der Waals surface area (Å²) < 4.78 is 0. The maximum Gasteiger partial charge on any atom is 0.159 e. The van der Waals surface area contributed by atoms with Gasteiger partial charge in [0.2, 0.25) is 0 Å². The fraction of sp³-hybridized carbons (Fsp3) is 0.455. The van der Waals surface area contributed by atoms with E-state index in [0.29, 0.717) is 12.2 Å². The molecule has 16 heavy (non-hydrogen) atoms. The summed E-state index contributed by atoms with van der Waals surface area (Å²) in [5.74, 6) is -0.454. The maximum atomic E-state index is 10.6. The van der Waals surface area contributed by atoms with E-state index in [1.807, 2.05) is 0 Å². The van der Waals surface area contributed by atoms with Crippen LogP contribution in [0.25, 0.3) is 0 Å². The average molecular weight is 224 g/mol. The van der Waals surface area contributed by atoms with Crippen LogP contribution in [0, 0.1) is 4.91 Å². The minimum Gasteiger partial charge on any atom is -0.504 e. The van der Waals surface area contributed by atoms with E-state index in [1.165, 1.54) is 17.1 Å². The molecule has 1 aromatic rings. The highest BCUT2D eigenvalue weighted by Gasteiger charge is 2.08. The Labute approximate surface area is 94.3 Å². The highest BCUT2D eigenvalue weighted by molar-refractivity contribution is 5.54. The van der Waals surface area contributed by atoms with Crippen LogP contribution in [0.1, 0.15) is 26.2 Å². The maximum absolute atomic E-state index is 10.6. The molecule has 0 bridgehead atoms. The van der Waals surface area contributed by atoms with Gasteiger partial charge in [0.1, 0.15) is 0 Å². The molecule has 88 valence electrons. The second-order valence-electron chi connectivity index (χ2n) is 3.58. The third-order valence-electron chi connectivity index (χ3n) is 2.33. The molecule has 0 saturated carbocycles. The first kappa shape index (κ1) is 12.3. The molecule has 0 aliphatic heterocycles. The Bertz CT molecular complexity index is 355. The zero-order valence-corrected chi connectivity index (χ0v) is 9.26. The number of rotatable bonds is 6. The van der Waals surface area contributed by atoms with E-state index >= 15 is 0 Å². The van der Waals surface area contributed by atoms with Crippen molar-refractivity contribution in [3.63, 3.8) is 0 Å². The predicted octanol–water partition coefficient (Wildman–Crippen LogP) is 2.78. The van der Waals surface area contributed by atoms with Gasteiger partial charge in [-0.25, -0.2) is 5.01 Å². The standard InChI is InChI=1S/C11H16N2O3/c1-2-3-4-7-13(12-16)9-5-6-10(14)11(15)8-9/h5-6,8,14-15H,2-4,7H2,1H3. The van der Waals surface area contributed by atoms with Crippen molar-refractivity contribution in [1.82, 2.24) is 0 Å². The minimum atomic E-state index is -0.248. The van der Waals surface area contributed by atoms with Gasteiger partial charge >= 0.3 is 0 Å². The van der Waals surface area contributed by atoms with Gasteiger partial charge in [0.15, 0.2) is 11.5 Å². The predicted molar refractivity (Wildman–Crippen MR) is 62.4 cm³/mol. The lowest BCUT2D eigenvalue weighted by atomic mass is 10.2. The number of hydrogen-bond donors (Lipinski definition) is 2. The normalized spacial score (nSPS) is 10.1. The van der Waals surface area contributed by atoms with Crippen molar-refractivity contribution in [2.75, 3.05) is 11.6 Å². The molecule has 1 aromatic carbocycles. The van der Waals surface area contributed by atoms with Crippen LogP contribution in [0.5, 0.6) is 11.5 Å². The smallest absolute Gasteiger partial charge is 0.159 e. The lowest BCUT2D eigenvalue weighted by Gasteiger charge is -2.15. The molecule has 0 aliphatic rings. The molecule has 0 unspecified atom stereocenters. The number of hydrogen-bond acceptors (Lipinski definition) is 4. The first-order valence-corrected chi connectivity index (χ1v) is 5.31. The van der Waals surface area contributed by atoms with E-state index < -0.39 is 0 Å². The summed E-state index contributed by atoms with van der Waals surface area (Å²) in [6, 6.07) is 4.20. The highest BCUT2D eigenvalue weighted by Crippen LogP contribution is 2.29. The number of unbranched alkanes of at least 4 members (excludes halogenated alkanes) is 2. The molecule has 0 atom stereocenters. The molecule has 0 amide bonds. The largest absolute Gasteiger partial charge is 0.504 e. The summed E-state index contributed by atoms with van der Waals surface area (Å²) in [6.45, 7) is 2.59. The number of phenolic OH excluding ortho intramolecular Hbond substituents is 2. The topological polar surface area (TPSA) is 73.1 Å². The average Bonchev–Trinajstić information content (AvgIpc) is 2.29. The fourth-order valence-corrected chi connectivity index (χ4v) is 1.40. The quantitative estimate of drug-likeness (QED) is 0.337. The van der Waals surface area contributed by atoms with Crippen molar-refractivity contribution in [1.29, 1.82) is 0 Å². The fourth-order valence-electron chi connectivity index (χ4n) is 1.40. The van der Waals surface area contributed by atoms with Crippen molar-refractivity contribution in [3.8, 4) is 11.5 Å². The SMILES string of the molecule is CCCCCN(N=O)c1ccc(O)c(O)c1. The molecule has 5 nitrogen and oxygen atoms in total. The third-order valence-corrected chi connectivity index (χ3v) is 2.33. The Morgan fingerprint density at radius 2 is 2.00 bits per heavy atom. The Hall–Kier alpha value is -1.78. The molecule has 1 rings (SSSR count). The van der Waals surface area contributed by atoms with Crippen molar-refractivity contribution in [2.45, 2.75) is 26.2 Å². The van der Waals surface area contributed by atoms with Crippen LogP contribution in [0.15, 0.2) is 23.5 Å². The Morgan fingerprint density at radius 3 is 2.56 bits per heavy atom. The van der Waals surface area contributed by atoms with Crippen LogP contribution in [0.4, 0.5) is 5.69 Å². The molecule has 2 N–H and O–H groups in total. The van der Waals surface area contributed by atoms with Crippen LogP contribution in [-0.4, -0.2) is 16.8 Å². The number of benzene rings is 1. The molecule has 0 fully saturated rings. The van der Waals surface area contributed by atoms with Gasteiger partial charge in [0, 0.05) is 12.6 Å². The Morgan fingerprint density at radius 1 is 1.25 bits per heavy atom. The van der Waals surface area contributed by atoms with E-state index in [0.717, 1.165) is 19.3 Å². The van der Waals surface area contributed by atoms with Gasteiger partial charge in [-0.05, 0) is 18.6 Å². The van der Waals surface area contributed by atoms with Gasteiger partial charge in [-0.1, -0.05) is 19.8 Å². The van der Waals surface area contributed by atoms with Crippen molar-refractivity contribution in [2.24, 2.45) is 5.29 Å². The lowest BCUT2D eigenvalue weighted by Crippen LogP contribution is -2.16. The summed E-state index contributed by atoms with van der Waals surface area (Å²) in [5, 5.41) is 22.6. The second-order valence-corrected chi connectivity index (χ2v) is 3.58. The van der Waals surface area contributed by atoms with Crippen molar-refractivity contribution in [3.05, 3.63) is 23.1 Å². The molecule has 0 radical (unpaired) electrons. The van der Waals surface area contributed by atoms with E-state index in [9.17, 15) is 10.0 Å². The van der Waals surface area contributed by atoms with Crippen LogP contribution < -0.4 is 5.01 Å². The highest BCUT2D eigenvalue weighted by atomic mass is 16.3. The van der Waals surface area contributed by atoms with Crippen LogP contribution in [0.2, 0.25) is 0 Å². The number of nitroso groups, excluding NO2 is 1. The number of aromatic hydroxyl groups is 2. The number of nitrogens with zero attached hydrogens (tertiary/aromatic N) is 2. The van der Waals surface area contributed by atoms with Gasteiger partial charge in [0.05, 0.1) is 11.0 Å². The zero-order chi connectivity index (χ0) is 12.0. The third kappa shape index (κ3) is 3.12. The van der Waals surface area contributed by atoms with Gasteiger partial charge < -0.3 is 10.2 Å². The number of phenols is 2. The van der Waals surface area contributed by atoms with Gasteiger partial charge in [0.25, 0.3) is 0 Å². The van der Waals surface area contributed by atoms with Gasteiger partial charge in [-0.3, -0.25) is 0 Å². The Balaban J connectivity index is 2.71. The van der Waals surface area contributed by atoms with E-state index in [4.69, 9.17) is 5.11 Å². The zero-order valence-electron chi connectivity index (χ0n) is 9.26. The van der Waals surface area contributed by atoms with E-state index in [1.54, 1.807) is 6.07 Å². The van der Waals surface area contributed by atoms with E-state index in [-0.39, 0.29) is 11.5 Å².